The van der Waals surface area contributed by atoms with Crippen molar-refractivity contribution in [2.45, 2.75) is 324 Å². The highest BCUT2D eigenvalue weighted by molar-refractivity contribution is 7.47. The topological polar surface area (TPSA) is 237 Å². The molecule has 0 fully saturated rings. The van der Waals surface area contributed by atoms with E-state index in [1.807, 2.05) is 0 Å². The number of aliphatic hydroxyl groups excluding tert-OH is 1. The van der Waals surface area contributed by atoms with E-state index in [1.165, 1.54) is 103 Å². The van der Waals surface area contributed by atoms with Gasteiger partial charge in [-0.05, 0) is 49.4 Å². The van der Waals surface area contributed by atoms with Crippen LogP contribution in [0.5, 0.6) is 0 Å². The number of carbonyl (C=O) groups is 4. The number of hydrogen-bond donors (Lipinski definition) is 3. The van der Waals surface area contributed by atoms with Crippen LogP contribution >= 0.6 is 15.6 Å². The average Bonchev–Trinajstić information content (AvgIpc) is 3.43. The summed E-state index contributed by atoms with van der Waals surface area (Å²) in [7, 11) is -9.89. The van der Waals surface area contributed by atoms with Gasteiger partial charge in [0.1, 0.15) is 19.3 Å². The fourth-order valence-corrected chi connectivity index (χ4v) is 11.0. The van der Waals surface area contributed by atoms with Gasteiger partial charge in [0.15, 0.2) is 12.2 Å². The molecule has 492 valence electrons. The van der Waals surface area contributed by atoms with E-state index in [2.05, 4.69) is 55.4 Å². The number of hydrogen-bond acceptors (Lipinski definition) is 15. The van der Waals surface area contributed by atoms with Crippen LogP contribution in [-0.2, 0) is 65.4 Å². The molecule has 0 bridgehead atoms. The van der Waals surface area contributed by atoms with E-state index in [-0.39, 0.29) is 25.7 Å². The first-order valence-electron chi connectivity index (χ1n) is 33.2. The lowest BCUT2D eigenvalue weighted by Gasteiger charge is -2.21. The zero-order valence-electron chi connectivity index (χ0n) is 53.8. The molecule has 19 heteroatoms. The van der Waals surface area contributed by atoms with E-state index >= 15 is 0 Å². The van der Waals surface area contributed by atoms with Crippen LogP contribution in [0.2, 0.25) is 0 Å². The average molecular weight is 1230 g/mol. The Morgan fingerprint density at radius 3 is 0.855 bits per heavy atom. The summed E-state index contributed by atoms with van der Waals surface area (Å²) >= 11 is 0. The summed E-state index contributed by atoms with van der Waals surface area (Å²) in [5.74, 6) is 0.722. The van der Waals surface area contributed by atoms with Crippen LogP contribution < -0.4 is 0 Å². The molecule has 83 heavy (non-hydrogen) atoms. The normalized spacial score (nSPS) is 14.8. The summed E-state index contributed by atoms with van der Waals surface area (Å²) in [6.45, 7) is 13.9. The predicted molar refractivity (Wildman–Crippen MR) is 331 cm³/mol. The Balaban J connectivity index is 5.23. The van der Waals surface area contributed by atoms with Gasteiger partial charge in [-0.15, -0.1) is 0 Å². The van der Waals surface area contributed by atoms with Crippen LogP contribution in [-0.4, -0.2) is 96.7 Å². The van der Waals surface area contributed by atoms with E-state index in [4.69, 9.17) is 37.0 Å². The second-order valence-corrected chi connectivity index (χ2v) is 27.7. The van der Waals surface area contributed by atoms with Gasteiger partial charge in [0, 0.05) is 25.7 Å². The number of carbonyl (C=O) groups excluding carboxylic acids is 4. The Morgan fingerprint density at radius 1 is 0.337 bits per heavy atom. The van der Waals surface area contributed by atoms with Gasteiger partial charge in [0.25, 0.3) is 0 Å². The van der Waals surface area contributed by atoms with Crippen molar-refractivity contribution in [2.24, 2.45) is 23.7 Å². The number of ether oxygens (including phenoxy) is 4. The Kier molecular flexibility index (Phi) is 53.0. The highest BCUT2D eigenvalue weighted by atomic mass is 31.2. The SMILES string of the molecule is CCC(C)CCCCCCCCC(=O)OC[C@H](COP(=O)(O)OC[C@H](O)COP(=O)(O)OC[C@@H](COC(=O)CCCCCCCCCCCCCC(C)C)OC(=O)CCCCCCCCCC(C)C)OC(=O)CCCCCCCCC(C)C. The number of aliphatic hydroxyl groups is 1. The van der Waals surface area contributed by atoms with Crippen molar-refractivity contribution >= 4 is 39.5 Å². The lowest BCUT2D eigenvalue weighted by molar-refractivity contribution is -0.161. The summed E-state index contributed by atoms with van der Waals surface area (Å²) < 4.78 is 67.9. The molecular formula is C64H124O17P2. The van der Waals surface area contributed by atoms with Crippen molar-refractivity contribution in [3.63, 3.8) is 0 Å². The lowest BCUT2D eigenvalue weighted by Crippen LogP contribution is -2.30. The maximum atomic E-state index is 13.0. The van der Waals surface area contributed by atoms with E-state index in [0.717, 1.165) is 108 Å². The third-order valence-corrected chi connectivity index (χ3v) is 16.8. The van der Waals surface area contributed by atoms with Crippen molar-refractivity contribution in [1.82, 2.24) is 0 Å². The summed E-state index contributed by atoms with van der Waals surface area (Å²) in [6.07, 6.45) is 33.8. The molecular weight excluding hydrogens is 1100 g/mol. The number of esters is 4. The van der Waals surface area contributed by atoms with Crippen LogP contribution in [0.4, 0.5) is 0 Å². The first-order valence-corrected chi connectivity index (χ1v) is 36.2. The van der Waals surface area contributed by atoms with Crippen LogP contribution in [0.15, 0.2) is 0 Å². The zero-order valence-corrected chi connectivity index (χ0v) is 55.6. The highest BCUT2D eigenvalue weighted by Crippen LogP contribution is 2.45. The molecule has 3 N–H and O–H groups in total. The van der Waals surface area contributed by atoms with Gasteiger partial charge < -0.3 is 33.8 Å². The number of rotatable bonds is 61. The van der Waals surface area contributed by atoms with Crippen molar-refractivity contribution in [3.05, 3.63) is 0 Å². The third-order valence-electron chi connectivity index (χ3n) is 14.9. The molecule has 0 heterocycles. The molecule has 0 aliphatic heterocycles. The van der Waals surface area contributed by atoms with Crippen LogP contribution in [0, 0.1) is 23.7 Å². The second-order valence-electron chi connectivity index (χ2n) is 24.8. The minimum Gasteiger partial charge on any atom is -0.462 e. The van der Waals surface area contributed by atoms with Crippen molar-refractivity contribution in [2.75, 3.05) is 39.6 Å². The molecule has 0 amide bonds. The smallest absolute Gasteiger partial charge is 0.462 e. The largest absolute Gasteiger partial charge is 0.472 e. The Hall–Kier alpha value is -1.94. The Morgan fingerprint density at radius 2 is 0.578 bits per heavy atom. The molecule has 0 saturated heterocycles. The van der Waals surface area contributed by atoms with Crippen molar-refractivity contribution < 1.29 is 80.2 Å². The van der Waals surface area contributed by atoms with Crippen LogP contribution in [0.25, 0.3) is 0 Å². The Labute approximate surface area is 505 Å². The van der Waals surface area contributed by atoms with Crippen molar-refractivity contribution in [3.8, 4) is 0 Å². The van der Waals surface area contributed by atoms with Crippen LogP contribution in [0.1, 0.15) is 306 Å². The second kappa shape index (κ2) is 54.2. The molecule has 0 aliphatic rings. The van der Waals surface area contributed by atoms with Gasteiger partial charge in [0.2, 0.25) is 0 Å². The molecule has 0 aromatic heterocycles. The first kappa shape index (κ1) is 81.1. The van der Waals surface area contributed by atoms with Gasteiger partial charge in [-0.25, -0.2) is 9.13 Å². The monoisotopic (exact) mass is 1230 g/mol. The van der Waals surface area contributed by atoms with Gasteiger partial charge >= 0.3 is 39.5 Å². The number of phosphoric acid groups is 2. The predicted octanol–water partition coefficient (Wildman–Crippen LogP) is 17.4. The molecule has 0 aromatic carbocycles. The van der Waals surface area contributed by atoms with Gasteiger partial charge in [-0.3, -0.25) is 37.3 Å². The highest BCUT2D eigenvalue weighted by Gasteiger charge is 2.30. The first-order chi connectivity index (χ1) is 39.6. The fourth-order valence-electron chi connectivity index (χ4n) is 9.40. The molecule has 0 spiro atoms. The minimum absolute atomic E-state index is 0.100. The molecule has 0 rings (SSSR count). The summed E-state index contributed by atoms with van der Waals surface area (Å²) in [6, 6.07) is 0. The van der Waals surface area contributed by atoms with E-state index in [9.17, 15) is 43.2 Å². The number of unbranched alkanes of at least 4 members (excludes halogenated alkanes) is 26. The van der Waals surface area contributed by atoms with E-state index < -0.39 is 97.5 Å². The molecule has 0 aromatic rings. The lowest BCUT2D eigenvalue weighted by atomic mass is 10.00. The maximum Gasteiger partial charge on any atom is 0.472 e. The van der Waals surface area contributed by atoms with E-state index in [1.54, 1.807) is 0 Å². The molecule has 17 nitrogen and oxygen atoms in total. The Bertz CT molecular complexity index is 1660. The standard InChI is InChI=1S/C64H124O17P2/c1-9-57(8)43-35-27-21-23-29-37-45-62(67)75-51-60(81-64(69)47-39-31-22-20-26-34-42-56(6)7)53-79-83(72,73)77-49-58(65)48-76-82(70,71)78-52-59(80-63(68)46-38-30-19-15-17-25-33-41-55(4)5)50-74-61(66)44-36-28-18-14-12-10-11-13-16-24-32-40-54(2)3/h54-60,65H,9-53H2,1-8H3,(H,70,71)(H,72,73)/t57?,58-,59-,60-/m1/s1. The molecule has 0 aliphatic carbocycles. The molecule has 0 radical (unpaired) electrons. The summed E-state index contributed by atoms with van der Waals surface area (Å²) in [5, 5.41) is 10.5. The van der Waals surface area contributed by atoms with Crippen molar-refractivity contribution in [1.29, 1.82) is 0 Å². The zero-order chi connectivity index (χ0) is 61.8. The molecule has 6 atom stereocenters. The molecule has 0 saturated carbocycles. The molecule has 3 unspecified atom stereocenters. The third kappa shape index (κ3) is 57.6. The fraction of sp³-hybridized carbons (Fsp3) is 0.938. The van der Waals surface area contributed by atoms with Gasteiger partial charge in [0.05, 0.1) is 26.4 Å². The maximum absolute atomic E-state index is 13.0. The minimum atomic E-state index is -4.95. The van der Waals surface area contributed by atoms with E-state index in [0.29, 0.717) is 37.5 Å². The quantitative estimate of drug-likeness (QED) is 0.0222. The summed E-state index contributed by atoms with van der Waals surface area (Å²) in [5.41, 5.74) is 0. The van der Waals surface area contributed by atoms with Gasteiger partial charge in [-0.2, -0.15) is 0 Å². The summed E-state index contributed by atoms with van der Waals surface area (Å²) in [4.78, 5) is 72.2. The van der Waals surface area contributed by atoms with Gasteiger partial charge in [-0.1, -0.05) is 254 Å². The van der Waals surface area contributed by atoms with Crippen LogP contribution in [0.3, 0.4) is 0 Å². The number of phosphoric ester groups is 2.